The number of phenols is 1. The Bertz CT molecular complexity index is 1300. The van der Waals surface area contributed by atoms with Gasteiger partial charge in [-0.1, -0.05) is 55.3 Å². The van der Waals surface area contributed by atoms with E-state index in [2.05, 4.69) is 17.4 Å². The number of hydrogen-bond acceptors (Lipinski definition) is 7. The highest BCUT2D eigenvalue weighted by Crippen LogP contribution is 2.24. The average Bonchev–Trinajstić information content (AvgIpc) is 2.95. The molecule has 0 aliphatic rings. The van der Waals surface area contributed by atoms with Crippen molar-refractivity contribution in [3.63, 3.8) is 0 Å². The topological polar surface area (TPSA) is 142 Å². The van der Waals surface area contributed by atoms with Crippen molar-refractivity contribution in [2.45, 2.75) is 62.6 Å². The molecular weight excluding hydrogens is 528 g/mol. The molecule has 8 nitrogen and oxygen atoms in total. The highest BCUT2D eigenvalue weighted by Gasteiger charge is 2.11. The Morgan fingerprint density at radius 2 is 1.55 bits per heavy atom. The second kappa shape index (κ2) is 16.5. The molecule has 0 heterocycles. The maximum Gasteiger partial charge on any atom is 0.238 e. The maximum atomic E-state index is 11.7. The van der Waals surface area contributed by atoms with Gasteiger partial charge in [0.15, 0.2) is 0 Å². The van der Waals surface area contributed by atoms with Crippen molar-refractivity contribution >= 4 is 10.0 Å². The largest absolute Gasteiger partial charge is 0.508 e. The highest BCUT2D eigenvalue weighted by atomic mass is 32.2. The quantitative estimate of drug-likeness (QED) is 0.143. The van der Waals surface area contributed by atoms with E-state index in [9.17, 15) is 23.7 Å². The van der Waals surface area contributed by atoms with E-state index in [0.717, 1.165) is 75.8 Å². The van der Waals surface area contributed by atoms with Gasteiger partial charge in [0.05, 0.1) is 17.6 Å². The molecule has 0 saturated carbocycles. The van der Waals surface area contributed by atoms with Gasteiger partial charge < -0.3 is 25.4 Å². The van der Waals surface area contributed by atoms with Crippen LogP contribution in [0.1, 0.15) is 61.3 Å². The zero-order valence-corrected chi connectivity index (χ0v) is 23.8. The first kappa shape index (κ1) is 31.7. The van der Waals surface area contributed by atoms with Gasteiger partial charge in [-0.15, -0.1) is 0 Å². The monoisotopic (exact) mass is 570 g/mol. The molecule has 9 heteroatoms. The number of aliphatic hydroxyl groups excluding tert-OH is 2. The van der Waals surface area contributed by atoms with E-state index >= 15 is 0 Å². The van der Waals surface area contributed by atoms with E-state index in [1.54, 1.807) is 24.3 Å². The normalized spacial score (nSPS) is 12.5. The molecule has 3 aromatic rings. The van der Waals surface area contributed by atoms with Crippen LogP contribution in [0, 0.1) is 0 Å². The van der Waals surface area contributed by atoms with E-state index in [4.69, 9.17) is 9.88 Å². The van der Waals surface area contributed by atoms with Crippen molar-refractivity contribution < 1.29 is 28.5 Å². The van der Waals surface area contributed by atoms with E-state index in [0.29, 0.717) is 17.7 Å². The van der Waals surface area contributed by atoms with Crippen LogP contribution in [0.25, 0.3) is 11.1 Å². The standard InChI is InChI=1S/C31H42N2O6S/c32-40(37,38)29-13-8-12-26(21-29)25-11-7-10-24(19-25)9-3-6-18-39-17-5-2-1-4-16-33-22-31(36)27-14-15-30(35)28(20-27)23-34/h7-8,10-15,19-21,31,33-36H,1-6,9,16-18,22-23H2,(H2,32,37,38)/t31-/m0/s1. The molecule has 40 heavy (non-hydrogen) atoms. The fourth-order valence-electron chi connectivity index (χ4n) is 4.50. The van der Waals surface area contributed by atoms with Gasteiger partial charge >= 0.3 is 0 Å². The van der Waals surface area contributed by atoms with E-state index in [1.807, 2.05) is 18.2 Å². The van der Waals surface area contributed by atoms with Gasteiger partial charge in [-0.2, -0.15) is 0 Å². The summed E-state index contributed by atoms with van der Waals surface area (Å²) in [7, 11) is -3.73. The molecule has 0 amide bonds. The number of aryl methyl sites for hydroxylation is 1. The van der Waals surface area contributed by atoms with Gasteiger partial charge in [0.25, 0.3) is 0 Å². The van der Waals surface area contributed by atoms with Gasteiger partial charge in [-0.3, -0.25) is 0 Å². The number of sulfonamides is 1. The predicted octanol–water partition coefficient (Wildman–Crippen LogP) is 4.42. The molecular formula is C31H42N2O6S. The number of ether oxygens (including phenoxy) is 1. The van der Waals surface area contributed by atoms with Crippen molar-refractivity contribution in [3.05, 3.63) is 83.4 Å². The van der Waals surface area contributed by atoms with Crippen LogP contribution >= 0.6 is 0 Å². The van der Waals surface area contributed by atoms with Gasteiger partial charge in [-0.25, -0.2) is 13.6 Å². The third-order valence-corrected chi connectivity index (χ3v) is 7.73. The van der Waals surface area contributed by atoms with Crippen molar-refractivity contribution in [1.29, 1.82) is 0 Å². The Balaban J connectivity index is 1.21. The lowest BCUT2D eigenvalue weighted by Crippen LogP contribution is -2.22. The number of rotatable bonds is 18. The second-order valence-electron chi connectivity index (χ2n) is 10.0. The third kappa shape index (κ3) is 10.6. The maximum absolute atomic E-state index is 11.7. The number of hydrogen-bond donors (Lipinski definition) is 5. The van der Waals surface area contributed by atoms with Crippen LogP contribution in [0.4, 0.5) is 0 Å². The average molecular weight is 571 g/mol. The van der Waals surface area contributed by atoms with Gasteiger partial charge in [0.2, 0.25) is 10.0 Å². The van der Waals surface area contributed by atoms with Crippen molar-refractivity contribution in [1.82, 2.24) is 5.32 Å². The van der Waals surface area contributed by atoms with Crippen molar-refractivity contribution in [3.8, 4) is 16.9 Å². The first-order valence-corrected chi connectivity index (χ1v) is 15.4. The number of benzene rings is 3. The Morgan fingerprint density at radius 1 is 0.850 bits per heavy atom. The molecule has 3 rings (SSSR count). The molecule has 0 unspecified atom stereocenters. The van der Waals surface area contributed by atoms with Crippen LogP contribution < -0.4 is 10.5 Å². The van der Waals surface area contributed by atoms with E-state index in [1.165, 1.54) is 17.7 Å². The first-order valence-electron chi connectivity index (χ1n) is 13.9. The molecule has 0 aliphatic carbocycles. The number of aromatic hydroxyl groups is 1. The number of unbranched alkanes of at least 4 members (excludes halogenated alkanes) is 4. The molecule has 3 aromatic carbocycles. The number of aliphatic hydroxyl groups is 2. The summed E-state index contributed by atoms with van der Waals surface area (Å²) in [5, 5.41) is 37.7. The zero-order chi connectivity index (χ0) is 28.8. The van der Waals surface area contributed by atoms with Crippen molar-refractivity contribution in [2.24, 2.45) is 5.14 Å². The van der Waals surface area contributed by atoms with Crippen LogP contribution in [0.3, 0.4) is 0 Å². The first-order chi connectivity index (χ1) is 19.3. The smallest absolute Gasteiger partial charge is 0.238 e. The van der Waals surface area contributed by atoms with Crippen LogP contribution in [0.2, 0.25) is 0 Å². The van der Waals surface area contributed by atoms with Gasteiger partial charge in [0.1, 0.15) is 5.75 Å². The Labute approximate surface area is 237 Å². The lowest BCUT2D eigenvalue weighted by molar-refractivity contribution is 0.126. The molecule has 0 aromatic heterocycles. The summed E-state index contributed by atoms with van der Waals surface area (Å²) in [4.78, 5) is 0.115. The van der Waals surface area contributed by atoms with Crippen LogP contribution in [-0.2, 0) is 27.8 Å². The zero-order valence-electron chi connectivity index (χ0n) is 23.0. The molecule has 0 bridgehead atoms. The molecule has 0 fully saturated rings. The SMILES string of the molecule is NS(=O)(=O)c1cccc(-c2cccc(CCCCOCCCCCCNC[C@H](O)c3ccc(O)c(CO)c3)c2)c1. The fraction of sp³-hybridized carbons (Fsp3) is 0.419. The number of nitrogens with one attached hydrogen (secondary N) is 1. The van der Waals surface area contributed by atoms with E-state index < -0.39 is 16.1 Å². The minimum atomic E-state index is -3.73. The molecule has 6 N–H and O–H groups in total. The molecule has 0 saturated heterocycles. The van der Waals surface area contributed by atoms with Crippen LogP contribution in [0.5, 0.6) is 5.75 Å². The van der Waals surface area contributed by atoms with Crippen LogP contribution in [-0.4, -0.2) is 50.0 Å². The summed E-state index contributed by atoms with van der Waals surface area (Å²) in [6.45, 7) is 2.49. The summed E-state index contributed by atoms with van der Waals surface area (Å²) in [6, 6.07) is 19.6. The fourth-order valence-corrected chi connectivity index (χ4v) is 5.06. The molecule has 0 spiro atoms. The number of primary sulfonamides is 1. The van der Waals surface area contributed by atoms with Crippen molar-refractivity contribution in [2.75, 3.05) is 26.3 Å². The Kier molecular flexibility index (Phi) is 13.1. The van der Waals surface area contributed by atoms with E-state index in [-0.39, 0.29) is 17.3 Å². The lowest BCUT2D eigenvalue weighted by atomic mass is 10.0. The minimum absolute atomic E-state index is 0.0337. The predicted molar refractivity (Wildman–Crippen MR) is 157 cm³/mol. The molecule has 1 atom stereocenters. The summed E-state index contributed by atoms with van der Waals surface area (Å²) in [6.07, 6.45) is 6.50. The van der Waals surface area contributed by atoms with Gasteiger partial charge in [0, 0.05) is 25.3 Å². The molecule has 0 radical (unpaired) electrons. The lowest BCUT2D eigenvalue weighted by Gasteiger charge is -2.14. The summed E-state index contributed by atoms with van der Waals surface area (Å²) in [5.41, 5.74) is 4.10. The minimum Gasteiger partial charge on any atom is -0.508 e. The van der Waals surface area contributed by atoms with Crippen LogP contribution in [0.15, 0.2) is 71.6 Å². The Morgan fingerprint density at radius 3 is 2.30 bits per heavy atom. The Hall–Kier alpha value is -2.79. The summed E-state index contributed by atoms with van der Waals surface area (Å²) in [5.74, 6) is 0.0337. The van der Waals surface area contributed by atoms with Gasteiger partial charge in [-0.05, 0) is 85.2 Å². The second-order valence-corrected chi connectivity index (χ2v) is 11.6. The highest BCUT2D eigenvalue weighted by molar-refractivity contribution is 7.89. The number of nitrogens with two attached hydrogens (primary N) is 1. The summed E-state index contributed by atoms with van der Waals surface area (Å²) >= 11 is 0. The summed E-state index contributed by atoms with van der Waals surface area (Å²) < 4.78 is 29.1. The molecule has 218 valence electrons. The molecule has 0 aliphatic heterocycles. The third-order valence-electron chi connectivity index (χ3n) is 6.82.